The van der Waals surface area contributed by atoms with Crippen LogP contribution in [-0.2, 0) is 13.0 Å². The minimum Gasteiger partial charge on any atom is -0.307 e. The molecule has 1 aromatic heterocycles. The normalized spacial score (nSPS) is 13.8. The Bertz CT molecular complexity index is 1110. The van der Waals surface area contributed by atoms with E-state index in [0.717, 1.165) is 19.6 Å². The van der Waals surface area contributed by atoms with Crippen LogP contribution in [0.3, 0.4) is 0 Å². The third kappa shape index (κ3) is 5.74. The molecular weight excluding hydrogens is 445 g/mol. The number of amides is 1. The topological polar surface area (TPSA) is 62.3 Å². The zero-order chi connectivity index (χ0) is 22.5. The zero-order valence-electron chi connectivity index (χ0n) is 17.5. The molecule has 0 radical (unpaired) electrons. The summed E-state index contributed by atoms with van der Waals surface area (Å²) >= 11 is 12.0. The first-order valence-corrected chi connectivity index (χ1v) is 11.3. The highest BCUT2D eigenvalue weighted by Crippen LogP contribution is 2.21. The fourth-order valence-electron chi connectivity index (χ4n) is 3.82. The van der Waals surface area contributed by atoms with Crippen LogP contribution >= 0.6 is 23.2 Å². The number of carbonyl (C=O) groups is 2. The van der Waals surface area contributed by atoms with Crippen molar-refractivity contribution in [3.8, 4) is 0 Å². The summed E-state index contributed by atoms with van der Waals surface area (Å²) in [7, 11) is 0. The minimum absolute atomic E-state index is 0.0567. The van der Waals surface area contributed by atoms with Crippen molar-refractivity contribution in [2.45, 2.75) is 25.8 Å². The van der Waals surface area contributed by atoms with Gasteiger partial charge in [-0.3, -0.25) is 14.5 Å². The molecule has 1 N–H and O–H groups in total. The number of rotatable bonds is 7. The first kappa shape index (κ1) is 22.5. The van der Waals surface area contributed by atoms with Gasteiger partial charge in [-0.05, 0) is 61.3 Å². The Kier molecular flexibility index (Phi) is 7.20. The molecule has 32 heavy (non-hydrogen) atoms. The van der Waals surface area contributed by atoms with E-state index in [4.69, 9.17) is 23.2 Å². The standard InChI is InChI=1S/C25H23Cl2N3O2/c26-20-8-7-19(22(14-20)25(32)29-24-10-9-21(27)15-28-24)13-23(31)18-5-3-17(4-6-18)16-30-11-1-2-12-30/h3-10,14-15H,1-2,11-13,16H2,(H,28,29,32). The first-order valence-electron chi connectivity index (χ1n) is 10.5. The van der Waals surface area contributed by atoms with Crippen LogP contribution in [0.25, 0.3) is 0 Å². The highest BCUT2D eigenvalue weighted by atomic mass is 35.5. The lowest BCUT2D eigenvalue weighted by molar-refractivity contribution is 0.0992. The van der Waals surface area contributed by atoms with Crippen LogP contribution in [0.4, 0.5) is 5.82 Å². The maximum atomic E-state index is 12.9. The number of benzene rings is 2. The Balaban J connectivity index is 1.46. The van der Waals surface area contributed by atoms with Crippen LogP contribution in [-0.4, -0.2) is 34.7 Å². The summed E-state index contributed by atoms with van der Waals surface area (Å²) in [6, 6.07) is 15.9. The van der Waals surface area contributed by atoms with Crippen molar-refractivity contribution in [1.29, 1.82) is 0 Å². The predicted molar refractivity (Wildman–Crippen MR) is 128 cm³/mol. The van der Waals surface area contributed by atoms with Crippen LogP contribution in [0.15, 0.2) is 60.8 Å². The molecule has 7 heteroatoms. The van der Waals surface area contributed by atoms with Gasteiger partial charge in [0.1, 0.15) is 5.82 Å². The number of nitrogens with zero attached hydrogens (tertiary/aromatic N) is 2. The minimum atomic E-state index is -0.383. The summed E-state index contributed by atoms with van der Waals surface area (Å²) in [5.74, 6) is -0.0740. The second-order valence-corrected chi connectivity index (χ2v) is 8.77. The first-order chi connectivity index (χ1) is 15.5. The lowest BCUT2D eigenvalue weighted by atomic mass is 9.97. The lowest BCUT2D eigenvalue weighted by Crippen LogP contribution is -2.18. The monoisotopic (exact) mass is 467 g/mol. The van der Waals surface area contributed by atoms with Gasteiger partial charge in [0.05, 0.1) is 5.02 Å². The molecule has 0 aliphatic carbocycles. The molecule has 0 atom stereocenters. The second-order valence-electron chi connectivity index (χ2n) is 7.90. The van der Waals surface area contributed by atoms with Crippen molar-refractivity contribution in [3.63, 3.8) is 0 Å². The Labute approximate surface area is 197 Å². The summed E-state index contributed by atoms with van der Waals surface area (Å²) in [4.78, 5) is 32.3. The van der Waals surface area contributed by atoms with Crippen LogP contribution < -0.4 is 5.32 Å². The highest BCUT2D eigenvalue weighted by Gasteiger charge is 2.17. The van der Waals surface area contributed by atoms with Crippen LogP contribution in [0.2, 0.25) is 10.0 Å². The van der Waals surface area contributed by atoms with E-state index in [2.05, 4.69) is 15.2 Å². The Morgan fingerprint density at radius 2 is 1.66 bits per heavy atom. The molecule has 1 fully saturated rings. The smallest absolute Gasteiger partial charge is 0.257 e. The van der Waals surface area contributed by atoms with E-state index in [9.17, 15) is 9.59 Å². The molecular formula is C25H23Cl2N3O2. The molecule has 3 aromatic rings. The molecule has 0 bridgehead atoms. The van der Waals surface area contributed by atoms with Crippen molar-refractivity contribution >= 4 is 40.7 Å². The van der Waals surface area contributed by atoms with Crippen molar-refractivity contribution < 1.29 is 9.59 Å². The van der Waals surface area contributed by atoms with Gasteiger partial charge in [0, 0.05) is 35.3 Å². The van der Waals surface area contributed by atoms with Crippen molar-refractivity contribution in [2.75, 3.05) is 18.4 Å². The van der Waals surface area contributed by atoms with Gasteiger partial charge in [-0.25, -0.2) is 4.98 Å². The number of carbonyl (C=O) groups excluding carboxylic acids is 2. The number of ketones is 1. The maximum absolute atomic E-state index is 12.9. The van der Waals surface area contributed by atoms with E-state index < -0.39 is 0 Å². The van der Waals surface area contributed by atoms with Crippen molar-refractivity contribution in [2.24, 2.45) is 0 Å². The van der Waals surface area contributed by atoms with E-state index in [-0.39, 0.29) is 18.1 Å². The van der Waals surface area contributed by atoms with Gasteiger partial charge in [-0.15, -0.1) is 0 Å². The zero-order valence-corrected chi connectivity index (χ0v) is 19.0. The SMILES string of the molecule is O=C(Cc1ccc(Cl)cc1C(=O)Nc1ccc(Cl)cn1)c1ccc(CN2CCCC2)cc1. The summed E-state index contributed by atoms with van der Waals surface area (Å²) in [5, 5.41) is 3.62. The van der Waals surface area contributed by atoms with E-state index in [0.29, 0.717) is 32.6 Å². The summed E-state index contributed by atoms with van der Waals surface area (Å²) in [5.41, 5.74) is 2.77. The lowest BCUT2D eigenvalue weighted by Gasteiger charge is -2.14. The molecule has 0 unspecified atom stereocenters. The largest absolute Gasteiger partial charge is 0.307 e. The number of anilines is 1. The molecule has 1 aliphatic rings. The van der Waals surface area contributed by atoms with E-state index >= 15 is 0 Å². The number of aromatic nitrogens is 1. The molecule has 2 aromatic carbocycles. The highest BCUT2D eigenvalue weighted by molar-refractivity contribution is 6.31. The Morgan fingerprint density at radius 3 is 2.34 bits per heavy atom. The van der Waals surface area contributed by atoms with Gasteiger partial charge in [0.2, 0.25) is 0 Å². The third-order valence-corrected chi connectivity index (χ3v) is 5.98. The average molecular weight is 468 g/mol. The van der Waals surface area contributed by atoms with Gasteiger partial charge in [-0.2, -0.15) is 0 Å². The van der Waals surface area contributed by atoms with Crippen LogP contribution in [0, 0.1) is 0 Å². The van der Waals surface area contributed by atoms with Gasteiger partial charge in [0.15, 0.2) is 5.78 Å². The summed E-state index contributed by atoms with van der Waals surface area (Å²) < 4.78 is 0. The summed E-state index contributed by atoms with van der Waals surface area (Å²) in [6.45, 7) is 3.18. The molecule has 0 spiro atoms. The van der Waals surface area contributed by atoms with Crippen molar-refractivity contribution in [1.82, 2.24) is 9.88 Å². The van der Waals surface area contributed by atoms with Gasteiger partial charge >= 0.3 is 0 Å². The second kappa shape index (κ2) is 10.3. The number of Topliss-reactive ketones (excluding diaryl/α,β-unsaturated/α-hetero) is 1. The predicted octanol–water partition coefficient (Wildman–Crippen LogP) is 5.66. The molecule has 0 saturated carbocycles. The number of likely N-dealkylation sites (tertiary alicyclic amines) is 1. The maximum Gasteiger partial charge on any atom is 0.257 e. The quantitative estimate of drug-likeness (QED) is 0.455. The Morgan fingerprint density at radius 1 is 0.938 bits per heavy atom. The average Bonchev–Trinajstić information content (AvgIpc) is 3.30. The van der Waals surface area contributed by atoms with Gasteiger partial charge in [0.25, 0.3) is 5.91 Å². The van der Waals surface area contributed by atoms with Crippen LogP contribution in [0.5, 0.6) is 0 Å². The molecule has 1 saturated heterocycles. The fourth-order valence-corrected chi connectivity index (χ4v) is 4.10. The van der Waals surface area contributed by atoms with E-state index in [1.54, 1.807) is 30.3 Å². The number of nitrogens with one attached hydrogen (secondary N) is 1. The molecule has 5 nitrogen and oxygen atoms in total. The fraction of sp³-hybridized carbons (Fsp3) is 0.240. The molecule has 164 valence electrons. The number of pyridine rings is 1. The number of hydrogen-bond acceptors (Lipinski definition) is 4. The number of halogens is 2. The number of hydrogen-bond donors (Lipinski definition) is 1. The van der Waals surface area contributed by atoms with Crippen LogP contribution in [0.1, 0.15) is 44.7 Å². The Hall–Kier alpha value is -2.73. The summed E-state index contributed by atoms with van der Waals surface area (Å²) in [6.07, 6.45) is 4.05. The van der Waals surface area contributed by atoms with Gasteiger partial charge < -0.3 is 5.32 Å². The van der Waals surface area contributed by atoms with E-state index in [1.165, 1.54) is 24.6 Å². The third-order valence-electron chi connectivity index (χ3n) is 5.52. The van der Waals surface area contributed by atoms with E-state index in [1.807, 2.05) is 24.3 Å². The molecule has 1 amide bonds. The molecule has 4 rings (SSSR count). The van der Waals surface area contributed by atoms with Crippen molar-refractivity contribution in [3.05, 3.63) is 93.1 Å². The van der Waals surface area contributed by atoms with Gasteiger partial charge in [-0.1, -0.05) is 53.5 Å². The molecule has 2 heterocycles. The molecule has 1 aliphatic heterocycles.